The van der Waals surface area contributed by atoms with Crippen LogP contribution in [0.5, 0.6) is 0 Å². The van der Waals surface area contributed by atoms with E-state index in [9.17, 15) is 4.79 Å². The predicted molar refractivity (Wildman–Crippen MR) is 62.5 cm³/mol. The van der Waals surface area contributed by atoms with E-state index >= 15 is 0 Å². The molecular formula is C11H17BrN2O. The molecule has 1 saturated carbocycles. The summed E-state index contributed by atoms with van der Waals surface area (Å²) in [5.74, 6) is 0.133. The highest BCUT2D eigenvalue weighted by Gasteiger charge is 2.27. The quantitative estimate of drug-likeness (QED) is 0.617. The largest absolute Gasteiger partial charge is 0.352 e. The number of nitrogens with zero attached hydrogens (tertiary/aromatic N) is 1. The molecule has 4 heteroatoms. The van der Waals surface area contributed by atoms with Crippen molar-refractivity contribution in [3.05, 3.63) is 0 Å². The second-order valence-corrected chi connectivity index (χ2v) is 4.78. The third-order valence-corrected chi connectivity index (χ3v) is 3.38. The summed E-state index contributed by atoms with van der Waals surface area (Å²) in [6, 6.07) is 2.37. The van der Waals surface area contributed by atoms with Crippen molar-refractivity contribution in [2.24, 2.45) is 5.92 Å². The SMILES string of the molecule is N#CC1CCCC1NC(=O)CCCCBr. The van der Waals surface area contributed by atoms with Gasteiger partial charge in [-0.15, -0.1) is 0 Å². The van der Waals surface area contributed by atoms with Crippen molar-refractivity contribution >= 4 is 21.8 Å². The number of hydrogen-bond donors (Lipinski definition) is 1. The maximum Gasteiger partial charge on any atom is 0.220 e. The predicted octanol–water partition coefficient (Wildman–Crippen LogP) is 2.36. The molecular weight excluding hydrogens is 256 g/mol. The van der Waals surface area contributed by atoms with Crippen LogP contribution in [-0.2, 0) is 4.79 Å². The lowest BCUT2D eigenvalue weighted by Gasteiger charge is -2.15. The number of hydrogen-bond acceptors (Lipinski definition) is 2. The van der Waals surface area contributed by atoms with Gasteiger partial charge in [-0.2, -0.15) is 5.26 Å². The van der Waals surface area contributed by atoms with Gasteiger partial charge in [0.1, 0.15) is 0 Å². The van der Waals surface area contributed by atoms with Gasteiger partial charge in [0, 0.05) is 17.8 Å². The molecule has 1 rings (SSSR count). The first-order valence-corrected chi connectivity index (χ1v) is 6.65. The van der Waals surface area contributed by atoms with Crippen LogP contribution in [-0.4, -0.2) is 17.3 Å². The first-order chi connectivity index (χ1) is 7.27. The van der Waals surface area contributed by atoms with Gasteiger partial charge in [0.2, 0.25) is 5.91 Å². The molecule has 0 saturated heterocycles. The standard InChI is InChI=1S/C11H17BrN2O/c12-7-2-1-6-11(15)14-10-5-3-4-9(10)8-13/h9-10H,1-7H2,(H,14,15). The van der Waals surface area contributed by atoms with Crippen LogP contribution in [0.15, 0.2) is 0 Å². The fourth-order valence-electron chi connectivity index (χ4n) is 1.95. The second-order valence-electron chi connectivity index (χ2n) is 3.99. The third kappa shape index (κ3) is 4.21. The van der Waals surface area contributed by atoms with Gasteiger partial charge in [-0.1, -0.05) is 15.9 Å². The van der Waals surface area contributed by atoms with Crippen LogP contribution >= 0.6 is 15.9 Å². The van der Waals surface area contributed by atoms with Gasteiger partial charge in [0.05, 0.1) is 12.0 Å². The van der Waals surface area contributed by atoms with Crippen molar-refractivity contribution in [1.82, 2.24) is 5.32 Å². The smallest absolute Gasteiger partial charge is 0.220 e. The Morgan fingerprint density at radius 3 is 2.93 bits per heavy atom. The summed E-state index contributed by atoms with van der Waals surface area (Å²) in [5, 5.41) is 12.8. The van der Waals surface area contributed by atoms with Crippen LogP contribution in [0.2, 0.25) is 0 Å². The molecule has 0 aromatic rings. The van der Waals surface area contributed by atoms with Crippen molar-refractivity contribution < 1.29 is 4.79 Å². The number of alkyl halides is 1. The molecule has 2 unspecified atom stereocenters. The summed E-state index contributed by atoms with van der Waals surface area (Å²) >= 11 is 3.33. The van der Waals surface area contributed by atoms with E-state index in [2.05, 4.69) is 27.3 Å². The maximum atomic E-state index is 11.5. The molecule has 0 radical (unpaired) electrons. The molecule has 0 spiro atoms. The van der Waals surface area contributed by atoms with Crippen LogP contribution in [0.4, 0.5) is 0 Å². The summed E-state index contributed by atoms with van der Waals surface area (Å²) in [7, 11) is 0. The van der Waals surface area contributed by atoms with Crippen molar-refractivity contribution in [3.8, 4) is 6.07 Å². The Labute approximate surface area is 99.4 Å². The van der Waals surface area contributed by atoms with Crippen molar-refractivity contribution in [3.63, 3.8) is 0 Å². The normalized spacial score (nSPS) is 24.8. The molecule has 1 aliphatic rings. The molecule has 0 aliphatic heterocycles. The van der Waals surface area contributed by atoms with Gasteiger partial charge in [-0.3, -0.25) is 4.79 Å². The monoisotopic (exact) mass is 272 g/mol. The van der Waals surface area contributed by atoms with Crippen molar-refractivity contribution in [1.29, 1.82) is 5.26 Å². The Morgan fingerprint density at radius 2 is 2.27 bits per heavy atom. The topological polar surface area (TPSA) is 52.9 Å². The van der Waals surface area contributed by atoms with Crippen LogP contribution in [0.3, 0.4) is 0 Å². The second kappa shape index (κ2) is 6.84. The summed E-state index contributed by atoms with van der Waals surface area (Å²) in [6.07, 6.45) is 5.48. The van der Waals surface area contributed by atoms with E-state index < -0.39 is 0 Å². The summed E-state index contributed by atoms with van der Waals surface area (Å²) in [5.41, 5.74) is 0. The molecule has 0 heterocycles. The molecule has 1 amide bonds. The number of halogens is 1. The molecule has 2 atom stereocenters. The number of unbranched alkanes of at least 4 members (excludes halogenated alkanes) is 1. The van der Waals surface area contributed by atoms with Crippen LogP contribution in [0.25, 0.3) is 0 Å². The number of nitrogens with one attached hydrogen (secondary N) is 1. The molecule has 1 N–H and O–H groups in total. The van der Waals surface area contributed by atoms with Crippen LogP contribution < -0.4 is 5.32 Å². The average molecular weight is 273 g/mol. The minimum atomic E-state index is 0.0325. The fourth-order valence-corrected chi connectivity index (χ4v) is 2.34. The summed E-state index contributed by atoms with van der Waals surface area (Å²) < 4.78 is 0. The van der Waals surface area contributed by atoms with Gasteiger partial charge >= 0.3 is 0 Å². The Bertz CT molecular complexity index is 249. The summed E-state index contributed by atoms with van der Waals surface area (Å²) in [4.78, 5) is 11.5. The minimum Gasteiger partial charge on any atom is -0.352 e. The number of carbonyl (C=O) groups excluding carboxylic acids is 1. The highest BCUT2D eigenvalue weighted by molar-refractivity contribution is 9.09. The van der Waals surface area contributed by atoms with E-state index in [1.807, 2.05) is 0 Å². The zero-order chi connectivity index (χ0) is 11.1. The lowest BCUT2D eigenvalue weighted by atomic mass is 10.1. The zero-order valence-corrected chi connectivity index (χ0v) is 10.4. The maximum absolute atomic E-state index is 11.5. The van der Waals surface area contributed by atoms with E-state index in [1.165, 1.54) is 0 Å². The Kier molecular flexibility index (Phi) is 5.70. The Morgan fingerprint density at radius 1 is 1.47 bits per heavy atom. The number of nitriles is 1. The van der Waals surface area contributed by atoms with E-state index in [4.69, 9.17) is 5.26 Å². The highest BCUT2D eigenvalue weighted by atomic mass is 79.9. The molecule has 84 valence electrons. The van der Waals surface area contributed by atoms with Crippen LogP contribution in [0.1, 0.15) is 38.5 Å². The van der Waals surface area contributed by atoms with E-state index in [0.717, 1.165) is 37.4 Å². The lowest BCUT2D eigenvalue weighted by molar-refractivity contribution is -0.122. The molecule has 1 aliphatic carbocycles. The molecule has 0 aromatic carbocycles. The minimum absolute atomic E-state index is 0.0325. The van der Waals surface area contributed by atoms with Crippen LogP contribution in [0, 0.1) is 17.2 Å². The molecule has 3 nitrogen and oxygen atoms in total. The Hall–Kier alpha value is -0.560. The van der Waals surface area contributed by atoms with E-state index in [1.54, 1.807) is 0 Å². The first kappa shape index (κ1) is 12.5. The molecule has 15 heavy (non-hydrogen) atoms. The van der Waals surface area contributed by atoms with Gasteiger partial charge in [-0.25, -0.2) is 0 Å². The van der Waals surface area contributed by atoms with Gasteiger partial charge in [0.15, 0.2) is 0 Å². The fraction of sp³-hybridized carbons (Fsp3) is 0.818. The molecule has 1 fully saturated rings. The van der Waals surface area contributed by atoms with E-state index in [-0.39, 0.29) is 17.9 Å². The third-order valence-electron chi connectivity index (χ3n) is 2.82. The first-order valence-electron chi connectivity index (χ1n) is 5.53. The van der Waals surface area contributed by atoms with Crippen molar-refractivity contribution in [2.75, 3.05) is 5.33 Å². The number of rotatable bonds is 5. The Balaban J connectivity index is 2.22. The van der Waals surface area contributed by atoms with Gasteiger partial charge in [-0.05, 0) is 32.1 Å². The average Bonchev–Trinajstić information content (AvgIpc) is 2.65. The van der Waals surface area contributed by atoms with Crippen molar-refractivity contribution in [2.45, 2.75) is 44.6 Å². The molecule has 0 aromatic heterocycles. The van der Waals surface area contributed by atoms with E-state index in [0.29, 0.717) is 6.42 Å². The summed E-state index contributed by atoms with van der Waals surface area (Å²) in [6.45, 7) is 0. The number of amides is 1. The lowest BCUT2D eigenvalue weighted by Crippen LogP contribution is -2.36. The van der Waals surface area contributed by atoms with Gasteiger partial charge in [0.25, 0.3) is 0 Å². The highest BCUT2D eigenvalue weighted by Crippen LogP contribution is 2.24. The molecule has 0 bridgehead atoms. The van der Waals surface area contributed by atoms with Gasteiger partial charge < -0.3 is 5.32 Å². The zero-order valence-electron chi connectivity index (χ0n) is 8.84. The number of carbonyl (C=O) groups is 1.